The smallest absolute Gasteiger partial charge is 0.335 e. The third kappa shape index (κ3) is 2.97. The first-order chi connectivity index (χ1) is 9.51. The van der Waals surface area contributed by atoms with Gasteiger partial charge in [-0.15, -0.1) is 0 Å². The SMILES string of the molecule is COc1cc(C(=O)O)ccc1Oc1ncc(Cl)cc1F. The van der Waals surface area contributed by atoms with Gasteiger partial charge in [0.05, 0.1) is 17.7 Å². The van der Waals surface area contributed by atoms with Crippen molar-refractivity contribution in [3.05, 3.63) is 46.9 Å². The molecule has 0 bridgehead atoms. The summed E-state index contributed by atoms with van der Waals surface area (Å²) in [4.78, 5) is 14.6. The van der Waals surface area contributed by atoms with Crippen LogP contribution >= 0.6 is 11.6 Å². The molecule has 7 heteroatoms. The van der Waals surface area contributed by atoms with Crippen molar-refractivity contribution in [1.29, 1.82) is 0 Å². The maximum atomic E-state index is 13.6. The van der Waals surface area contributed by atoms with Crippen LogP contribution in [0.4, 0.5) is 4.39 Å². The summed E-state index contributed by atoms with van der Waals surface area (Å²) in [5, 5.41) is 9.02. The Morgan fingerprint density at radius 3 is 2.70 bits per heavy atom. The van der Waals surface area contributed by atoms with Crippen LogP contribution in [0.25, 0.3) is 0 Å². The third-order valence-corrected chi connectivity index (χ3v) is 2.60. The Morgan fingerprint density at radius 1 is 1.35 bits per heavy atom. The predicted molar refractivity (Wildman–Crippen MR) is 69.2 cm³/mol. The number of ether oxygens (including phenoxy) is 2. The fourth-order valence-corrected chi connectivity index (χ4v) is 1.61. The molecule has 104 valence electrons. The minimum absolute atomic E-state index is 0.0266. The lowest BCUT2D eigenvalue weighted by Gasteiger charge is -2.10. The minimum Gasteiger partial charge on any atom is -0.493 e. The molecule has 0 aliphatic heterocycles. The number of halogens is 2. The fraction of sp³-hybridized carbons (Fsp3) is 0.0769. The van der Waals surface area contributed by atoms with Gasteiger partial charge in [-0.25, -0.2) is 14.2 Å². The molecule has 0 saturated carbocycles. The molecule has 2 aromatic rings. The highest BCUT2D eigenvalue weighted by molar-refractivity contribution is 6.30. The number of nitrogens with zero attached hydrogens (tertiary/aromatic N) is 1. The van der Waals surface area contributed by atoms with E-state index in [4.69, 9.17) is 26.2 Å². The lowest BCUT2D eigenvalue weighted by molar-refractivity contribution is 0.0696. The van der Waals surface area contributed by atoms with E-state index in [0.717, 1.165) is 6.07 Å². The lowest BCUT2D eigenvalue weighted by atomic mass is 10.2. The Balaban J connectivity index is 2.35. The number of carbonyl (C=O) groups is 1. The number of pyridine rings is 1. The molecule has 1 heterocycles. The summed E-state index contributed by atoms with van der Waals surface area (Å²) in [6, 6.07) is 5.00. The molecule has 1 aromatic heterocycles. The number of aromatic carboxylic acids is 1. The Morgan fingerprint density at radius 2 is 2.10 bits per heavy atom. The first kappa shape index (κ1) is 14.1. The molecule has 0 unspecified atom stereocenters. The van der Waals surface area contributed by atoms with E-state index in [1.807, 2.05) is 0 Å². The van der Waals surface area contributed by atoms with Crippen LogP contribution in [-0.2, 0) is 0 Å². The summed E-state index contributed by atoms with van der Waals surface area (Å²) in [5.41, 5.74) is 0.0266. The van der Waals surface area contributed by atoms with E-state index >= 15 is 0 Å². The van der Waals surface area contributed by atoms with Crippen LogP contribution in [0.1, 0.15) is 10.4 Å². The molecule has 1 aromatic carbocycles. The Hall–Kier alpha value is -2.34. The van der Waals surface area contributed by atoms with E-state index in [0.29, 0.717) is 0 Å². The van der Waals surface area contributed by atoms with E-state index in [1.54, 1.807) is 0 Å². The van der Waals surface area contributed by atoms with Crippen molar-refractivity contribution in [2.75, 3.05) is 7.11 Å². The Bertz CT molecular complexity index is 663. The number of benzene rings is 1. The van der Waals surface area contributed by atoms with E-state index in [9.17, 15) is 9.18 Å². The molecule has 0 fully saturated rings. The van der Waals surface area contributed by atoms with Gasteiger partial charge >= 0.3 is 5.97 Å². The molecule has 0 saturated heterocycles. The average molecular weight is 298 g/mol. The third-order valence-electron chi connectivity index (χ3n) is 2.39. The maximum absolute atomic E-state index is 13.6. The van der Waals surface area contributed by atoms with E-state index in [1.165, 1.54) is 31.5 Å². The van der Waals surface area contributed by atoms with Gasteiger partial charge in [-0.05, 0) is 24.3 Å². The van der Waals surface area contributed by atoms with Crippen molar-refractivity contribution in [1.82, 2.24) is 4.98 Å². The molecule has 0 spiro atoms. The molecule has 5 nitrogen and oxygen atoms in total. The van der Waals surface area contributed by atoms with Crippen LogP contribution in [0, 0.1) is 5.82 Å². The van der Waals surface area contributed by atoms with Gasteiger partial charge in [-0.1, -0.05) is 11.6 Å². The highest BCUT2D eigenvalue weighted by atomic mass is 35.5. The van der Waals surface area contributed by atoms with Gasteiger partial charge in [0.25, 0.3) is 5.88 Å². The summed E-state index contributed by atoms with van der Waals surface area (Å²) in [6.07, 6.45) is 1.23. The topological polar surface area (TPSA) is 68.7 Å². The van der Waals surface area contributed by atoms with Gasteiger partial charge < -0.3 is 14.6 Å². The highest BCUT2D eigenvalue weighted by Gasteiger charge is 2.13. The van der Waals surface area contributed by atoms with Crippen LogP contribution in [-0.4, -0.2) is 23.2 Å². The molecular formula is C13H9ClFNO4. The molecular weight excluding hydrogens is 289 g/mol. The number of carboxylic acid groups (broad SMARTS) is 1. The summed E-state index contributed by atoms with van der Waals surface area (Å²) >= 11 is 5.59. The molecule has 0 amide bonds. The quantitative estimate of drug-likeness (QED) is 0.937. The van der Waals surface area contributed by atoms with Crippen molar-refractivity contribution >= 4 is 17.6 Å². The molecule has 0 atom stereocenters. The zero-order valence-electron chi connectivity index (χ0n) is 10.3. The first-order valence-electron chi connectivity index (χ1n) is 5.41. The van der Waals surface area contributed by atoms with Gasteiger partial charge in [0.15, 0.2) is 17.3 Å². The number of carboxylic acids is 1. The van der Waals surface area contributed by atoms with E-state index in [2.05, 4.69) is 4.98 Å². The van der Waals surface area contributed by atoms with Gasteiger partial charge in [-0.2, -0.15) is 0 Å². The van der Waals surface area contributed by atoms with Crippen molar-refractivity contribution in [3.63, 3.8) is 0 Å². The fourth-order valence-electron chi connectivity index (χ4n) is 1.47. The second kappa shape index (κ2) is 5.75. The van der Waals surface area contributed by atoms with Gasteiger partial charge in [0.2, 0.25) is 0 Å². The van der Waals surface area contributed by atoms with Crippen LogP contribution in [0.15, 0.2) is 30.5 Å². The van der Waals surface area contributed by atoms with Crippen molar-refractivity contribution in [2.45, 2.75) is 0 Å². The summed E-state index contributed by atoms with van der Waals surface area (Å²) < 4.78 is 23.8. The van der Waals surface area contributed by atoms with Gasteiger partial charge in [0.1, 0.15) is 0 Å². The second-order valence-electron chi connectivity index (χ2n) is 3.71. The number of hydrogen-bond donors (Lipinski definition) is 1. The average Bonchev–Trinajstić information content (AvgIpc) is 2.42. The monoisotopic (exact) mass is 297 g/mol. The van der Waals surface area contributed by atoms with Crippen molar-refractivity contribution in [2.24, 2.45) is 0 Å². The van der Waals surface area contributed by atoms with Crippen molar-refractivity contribution in [3.8, 4) is 17.4 Å². The summed E-state index contributed by atoms with van der Waals surface area (Å²) in [5.74, 6) is -1.82. The largest absolute Gasteiger partial charge is 0.493 e. The normalized spacial score (nSPS) is 10.2. The van der Waals surface area contributed by atoms with E-state index in [-0.39, 0.29) is 28.0 Å². The zero-order chi connectivity index (χ0) is 14.7. The Kier molecular flexibility index (Phi) is 4.05. The molecule has 0 radical (unpaired) electrons. The first-order valence-corrected chi connectivity index (χ1v) is 5.79. The molecule has 0 aliphatic carbocycles. The van der Waals surface area contributed by atoms with Crippen LogP contribution in [0.3, 0.4) is 0 Å². The lowest BCUT2D eigenvalue weighted by Crippen LogP contribution is -1.99. The molecule has 1 N–H and O–H groups in total. The molecule has 2 rings (SSSR count). The Labute approximate surface area is 118 Å². The molecule has 20 heavy (non-hydrogen) atoms. The highest BCUT2D eigenvalue weighted by Crippen LogP contribution is 2.32. The summed E-state index contributed by atoms with van der Waals surface area (Å²) in [6.45, 7) is 0. The number of hydrogen-bond acceptors (Lipinski definition) is 4. The van der Waals surface area contributed by atoms with E-state index < -0.39 is 11.8 Å². The van der Waals surface area contributed by atoms with Crippen LogP contribution in [0.2, 0.25) is 5.02 Å². The van der Waals surface area contributed by atoms with Gasteiger partial charge in [-0.3, -0.25) is 0 Å². The standard InChI is InChI=1S/C13H9ClFNO4/c1-19-11-4-7(13(17)18)2-3-10(11)20-12-9(15)5-8(14)6-16-12/h2-6H,1H3,(H,17,18). The number of rotatable bonds is 4. The zero-order valence-corrected chi connectivity index (χ0v) is 11.0. The van der Waals surface area contributed by atoms with Crippen LogP contribution < -0.4 is 9.47 Å². The minimum atomic E-state index is -1.11. The maximum Gasteiger partial charge on any atom is 0.335 e. The molecule has 0 aliphatic rings. The summed E-state index contributed by atoms with van der Waals surface area (Å²) in [7, 11) is 1.35. The number of methoxy groups -OCH3 is 1. The van der Waals surface area contributed by atoms with Crippen LogP contribution in [0.5, 0.6) is 17.4 Å². The van der Waals surface area contributed by atoms with Gasteiger partial charge in [0, 0.05) is 6.20 Å². The number of aromatic nitrogens is 1. The predicted octanol–water partition coefficient (Wildman–Crippen LogP) is 3.37. The second-order valence-corrected chi connectivity index (χ2v) is 4.15. The van der Waals surface area contributed by atoms with Crippen molar-refractivity contribution < 1.29 is 23.8 Å².